The van der Waals surface area contributed by atoms with E-state index < -0.39 is 29.2 Å². The van der Waals surface area contributed by atoms with Gasteiger partial charge in [-0.1, -0.05) is 22.9 Å². The van der Waals surface area contributed by atoms with Gasteiger partial charge in [-0.25, -0.2) is 18.1 Å². The second-order valence-electron chi connectivity index (χ2n) is 2.70. The topological polar surface area (TPSA) is 59.1 Å². The summed E-state index contributed by atoms with van der Waals surface area (Å²) >= 11 is 6.08. The second-order valence-corrected chi connectivity index (χ2v) is 6.30. The van der Waals surface area contributed by atoms with Crippen LogP contribution in [0.25, 0.3) is 0 Å². The van der Waals surface area contributed by atoms with E-state index in [9.17, 15) is 21.6 Å². The number of rotatable bonds is 4. The van der Waals surface area contributed by atoms with E-state index in [1.54, 1.807) is 0 Å². The summed E-state index contributed by atoms with van der Waals surface area (Å²) in [4.78, 5) is 3.48. The monoisotopic (exact) mass is 294 g/mol. The molecule has 0 atom stereocenters. The summed E-state index contributed by atoms with van der Waals surface area (Å²) in [5, 5.41) is 0. The third-order valence-corrected chi connectivity index (χ3v) is 4.46. The smallest absolute Gasteiger partial charge is 0.232 e. The fraction of sp³-hybridized carbons (Fsp3) is 0.500. The number of alkyl halides is 3. The second kappa shape index (κ2) is 4.86. The Morgan fingerprint density at radius 1 is 1.50 bits per heavy atom. The minimum atomic E-state index is -4.39. The lowest BCUT2D eigenvalue weighted by atomic mass is 10.4. The van der Waals surface area contributed by atoms with E-state index in [0.717, 1.165) is 6.20 Å². The largest absolute Gasteiger partial charge is 0.390 e. The number of sulfonamides is 1. The fourth-order valence-electron chi connectivity index (χ4n) is 0.762. The Kier molecular flexibility index (Phi) is 4.16. The van der Waals surface area contributed by atoms with Crippen LogP contribution in [0.3, 0.4) is 0 Å². The highest BCUT2D eigenvalue weighted by molar-refractivity contribution is 7.91. The van der Waals surface area contributed by atoms with Gasteiger partial charge in [0.1, 0.15) is 0 Å². The number of aromatic nitrogens is 1. The molecule has 0 aromatic carbocycles. The number of nitrogens with one attached hydrogen (secondary N) is 1. The molecule has 4 nitrogen and oxygen atoms in total. The van der Waals surface area contributed by atoms with E-state index >= 15 is 0 Å². The number of thiazole rings is 1. The molecule has 0 unspecified atom stereocenters. The molecule has 1 heterocycles. The van der Waals surface area contributed by atoms with Crippen molar-refractivity contribution < 1.29 is 21.6 Å². The summed E-state index contributed by atoms with van der Waals surface area (Å²) in [6, 6.07) is 0. The van der Waals surface area contributed by atoms with Gasteiger partial charge in [-0.05, 0) is 0 Å². The maximum absolute atomic E-state index is 11.8. The first-order valence-corrected chi connectivity index (χ1v) is 6.56. The van der Waals surface area contributed by atoms with Gasteiger partial charge in [-0.3, -0.25) is 0 Å². The third kappa shape index (κ3) is 4.24. The van der Waals surface area contributed by atoms with Crippen molar-refractivity contribution in [2.45, 2.75) is 16.8 Å². The Hall–Kier alpha value is -0.380. The summed E-state index contributed by atoms with van der Waals surface area (Å²) in [6.07, 6.45) is -4.63. The van der Waals surface area contributed by atoms with Gasteiger partial charge in [0.2, 0.25) is 0 Å². The van der Waals surface area contributed by atoms with Crippen LogP contribution in [-0.4, -0.2) is 26.1 Å². The molecular weight excluding hydrogens is 289 g/mol. The molecule has 0 saturated carbocycles. The highest BCUT2D eigenvalue weighted by atomic mass is 35.5. The molecule has 16 heavy (non-hydrogen) atoms. The standard InChI is InChI=1S/C6H6ClF3N2O2S2/c7-5-11-3-4(15-5)16(13,14)12-2-1-6(8,9)10/h3,12H,1-2H2. The first-order valence-electron chi connectivity index (χ1n) is 3.88. The van der Waals surface area contributed by atoms with Crippen molar-refractivity contribution in [1.82, 2.24) is 9.71 Å². The lowest BCUT2D eigenvalue weighted by Crippen LogP contribution is -2.27. The van der Waals surface area contributed by atoms with Crippen LogP contribution in [0, 0.1) is 0 Å². The Balaban J connectivity index is 2.60. The van der Waals surface area contributed by atoms with Gasteiger partial charge in [0.25, 0.3) is 10.0 Å². The molecule has 1 rings (SSSR count). The van der Waals surface area contributed by atoms with Crippen LogP contribution in [-0.2, 0) is 10.0 Å². The molecule has 0 saturated heterocycles. The van der Waals surface area contributed by atoms with Crippen molar-refractivity contribution >= 4 is 33.0 Å². The molecule has 10 heteroatoms. The molecule has 1 aromatic heterocycles. The van der Waals surface area contributed by atoms with Gasteiger partial charge in [0, 0.05) is 6.54 Å². The van der Waals surface area contributed by atoms with E-state index in [0.29, 0.717) is 11.3 Å². The van der Waals surface area contributed by atoms with E-state index in [2.05, 4.69) is 4.98 Å². The summed E-state index contributed by atoms with van der Waals surface area (Å²) in [6.45, 7) is -0.707. The van der Waals surface area contributed by atoms with Crippen molar-refractivity contribution in [1.29, 1.82) is 0 Å². The van der Waals surface area contributed by atoms with Gasteiger partial charge in [0.15, 0.2) is 8.68 Å². The van der Waals surface area contributed by atoms with Crippen molar-refractivity contribution in [2.75, 3.05) is 6.54 Å². The molecular formula is C6H6ClF3N2O2S2. The van der Waals surface area contributed by atoms with Gasteiger partial charge < -0.3 is 0 Å². The highest BCUT2D eigenvalue weighted by Crippen LogP contribution is 2.23. The number of halogens is 4. The average molecular weight is 295 g/mol. The van der Waals surface area contributed by atoms with Crippen LogP contribution in [0.1, 0.15) is 6.42 Å². The lowest BCUT2D eigenvalue weighted by molar-refractivity contribution is -0.132. The van der Waals surface area contributed by atoms with Gasteiger partial charge >= 0.3 is 6.18 Å². The fourth-order valence-corrected chi connectivity index (χ4v) is 3.13. The van der Waals surface area contributed by atoms with Crippen molar-refractivity contribution in [3.8, 4) is 0 Å². The van der Waals surface area contributed by atoms with Gasteiger partial charge in [-0.2, -0.15) is 13.2 Å². The molecule has 0 amide bonds. The molecule has 0 spiro atoms. The Bertz CT molecular complexity index is 457. The molecule has 0 fully saturated rings. The normalized spacial score (nSPS) is 13.0. The maximum Gasteiger partial charge on any atom is 0.390 e. The molecule has 0 aliphatic heterocycles. The van der Waals surface area contributed by atoms with Gasteiger partial charge in [0.05, 0.1) is 12.6 Å². The minimum absolute atomic E-state index is 0.0104. The molecule has 0 aliphatic carbocycles. The molecule has 0 radical (unpaired) electrons. The van der Waals surface area contributed by atoms with Crippen molar-refractivity contribution in [3.05, 3.63) is 10.7 Å². The van der Waals surface area contributed by atoms with Crippen LogP contribution in [0.15, 0.2) is 10.4 Å². The minimum Gasteiger partial charge on any atom is -0.232 e. The van der Waals surface area contributed by atoms with Crippen molar-refractivity contribution in [2.24, 2.45) is 0 Å². The summed E-state index contributed by atoms with van der Waals surface area (Å²) in [5.74, 6) is 0. The van der Waals surface area contributed by atoms with Crippen LogP contribution >= 0.6 is 22.9 Å². The zero-order valence-corrected chi connectivity index (χ0v) is 9.97. The summed E-state index contributed by atoms with van der Waals surface area (Å²) in [5.41, 5.74) is 0. The Morgan fingerprint density at radius 3 is 2.56 bits per heavy atom. The third-order valence-electron chi connectivity index (χ3n) is 1.42. The van der Waals surface area contributed by atoms with Crippen LogP contribution in [0.4, 0.5) is 13.2 Å². The van der Waals surface area contributed by atoms with Crippen molar-refractivity contribution in [3.63, 3.8) is 0 Å². The molecule has 0 bridgehead atoms. The summed E-state index contributed by atoms with van der Waals surface area (Å²) < 4.78 is 59.7. The van der Waals surface area contributed by atoms with Crippen LogP contribution in [0.2, 0.25) is 4.47 Å². The van der Waals surface area contributed by atoms with Crippen LogP contribution in [0.5, 0.6) is 0 Å². The number of nitrogens with zero attached hydrogens (tertiary/aromatic N) is 1. The van der Waals surface area contributed by atoms with Gasteiger partial charge in [-0.15, -0.1) is 0 Å². The highest BCUT2D eigenvalue weighted by Gasteiger charge is 2.28. The molecule has 92 valence electrons. The maximum atomic E-state index is 11.8. The number of hydrogen-bond donors (Lipinski definition) is 1. The first-order chi connectivity index (χ1) is 7.21. The summed E-state index contributed by atoms with van der Waals surface area (Å²) in [7, 11) is -3.94. The predicted molar refractivity (Wildman–Crippen MR) is 53.0 cm³/mol. The average Bonchev–Trinajstić information content (AvgIpc) is 2.49. The SMILES string of the molecule is O=S(=O)(NCCC(F)(F)F)c1cnc(Cl)s1. The molecule has 0 aliphatic rings. The molecule has 1 N–H and O–H groups in total. The molecule has 1 aromatic rings. The lowest BCUT2D eigenvalue weighted by Gasteiger charge is -2.06. The number of hydrogen-bond acceptors (Lipinski definition) is 4. The Labute approximate surface area is 98.5 Å². The van der Waals surface area contributed by atoms with Crippen LogP contribution < -0.4 is 4.72 Å². The van der Waals surface area contributed by atoms with E-state index in [1.165, 1.54) is 0 Å². The zero-order valence-electron chi connectivity index (χ0n) is 7.58. The van der Waals surface area contributed by atoms with E-state index in [4.69, 9.17) is 11.6 Å². The first kappa shape index (κ1) is 13.7. The van der Waals surface area contributed by atoms with E-state index in [1.807, 2.05) is 4.72 Å². The van der Waals surface area contributed by atoms with E-state index in [-0.39, 0.29) is 8.68 Å². The Morgan fingerprint density at radius 2 is 2.12 bits per heavy atom. The predicted octanol–water partition coefficient (Wildman–Crippen LogP) is 2.03. The zero-order chi connectivity index (χ0) is 12.4. The quantitative estimate of drug-likeness (QED) is 0.924.